The van der Waals surface area contributed by atoms with Crippen LogP contribution in [0.4, 0.5) is 24.5 Å². The molecule has 2 aliphatic heterocycles. The highest BCUT2D eigenvalue weighted by molar-refractivity contribution is 8.01. The highest BCUT2D eigenvalue weighted by atomic mass is 32.2. The average molecular weight is 387 g/mol. The lowest BCUT2D eigenvalue weighted by Crippen LogP contribution is -2.48. The molecule has 0 saturated carbocycles. The first-order valence-corrected chi connectivity index (χ1v) is 9.17. The lowest BCUT2D eigenvalue weighted by Gasteiger charge is -2.30. The molecule has 0 bridgehead atoms. The van der Waals surface area contributed by atoms with Crippen LogP contribution in [0.15, 0.2) is 18.2 Å². The Hall–Kier alpha value is -1.90. The van der Waals surface area contributed by atoms with Gasteiger partial charge < -0.3 is 15.1 Å². The number of alkyl halides is 3. The maximum atomic E-state index is 13.0. The first kappa shape index (κ1) is 18.9. The Balaban J connectivity index is 1.88. The summed E-state index contributed by atoms with van der Waals surface area (Å²) < 4.78 is 39.1. The second kappa shape index (κ2) is 6.37. The number of thioether (sulfide) groups is 1. The lowest BCUT2D eigenvalue weighted by atomic mass is 10.1. The molecular formula is C17H20F3N3O2S. The van der Waals surface area contributed by atoms with Gasteiger partial charge in [-0.2, -0.15) is 13.2 Å². The Labute approximate surface area is 153 Å². The molecule has 26 heavy (non-hydrogen) atoms. The van der Waals surface area contributed by atoms with Crippen LogP contribution in [0, 0.1) is 0 Å². The van der Waals surface area contributed by atoms with Gasteiger partial charge in [0.1, 0.15) is 6.04 Å². The molecule has 2 saturated heterocycles. The Kier molecular flexibility index (Phi) is 4.62. The number of hydrogen-bond acceptors (Lipinski definition) is 4. The van der Waals surface area contributed by atoms with Gasteiger partial charge in [0.05, 0.1) is 21.8 Å². The van der Waals surface area contributed by atoms with Crippen LogP contribution in [-0.2, 0) is 15.8 Å². The van der Waals surface area contributed by atoms with E-state index in [0.717, 1.165) is 12.1 Å². The molecule has 2 fully saturated rings. The molecule has 0 spiro atoms. The number of fused-ring (bicyclic) bond motifs is 1. The zero-order valence-corrected chi connectivity index (χ0v) is 15.5. The van der Waals surface area contributed by atoms with Crippen molar-refractivity contribution in [1.29, 1.82) is 0 Å². The van der Waals surface area contributed by atoms with Crippen molar-refractivity contribution in [2.24, 2.45) is 0 Å². The van der Waals surface area contributed by atoms with Crippen molar-refractivity contribution in [2.45, 2.75) is 36.9 Å². The van der Waals surface area contributed by atoms with Crippen LogP contribution in [0.25, 0.3) is 0 Å². The van der Waals surface area contributed by atoms with Crippen molar-refractivity contribution < 1.29 is 22.8 Å². The summed E-state index contributed by atoms with van der Waals surface area (Å²) in [5.41, 5.74) is -0.283. The number of anilines is 2. The van der Waals surface area contributed by atoms with Gasteiger partial charge in [-0.15, -0.1) is 11.8 Å². The monoisotopic (exact) mass is 387 g/mol. The fourth-order valence-electron chi connectivity index (χ4n) is 3.43. The Morgan fingerprint density at radius 3 is 2.69 bits per heavy atom. The molecule has 5 nitrogen and oxygen atoms in total. The van der Waals surface area contributed by atoms with Crippen molar-refractivity contribution >= 4 is 35.0 Å². The van der Waals surface area contributed by atoms with Crippen LogP contribution in [0.1, 0.15) is 25.3 Å². The zero-order chi connectivity index (χ0) is 19.3. The maximum absolute atomic E-state index is 13.0. The summed E-state index contributed by atoms with van der Waals surface area (Å²) in [6.07, 6.45) is -3.44. The zero-order valence-electron chi connectivity index (χ0n) is 14.7. The molecule has 9 heteroatoms. The van der Waals surface area contributed by atoms with Gasteiger partial charge in [-0.05, 0) is 31.5 Å². The molecule has 0 aliphatic carbocycles. The number of hydrogen-bond donors (Lipinski definition) is 1. The van der Waals surface area contributed by atoms with Gasteiger partial charge in [0.2, 0.25) is 11.8 Å². The first-order valence-electron chi connectivity index (χ1n) is 8.18. The van der Waals surface area contributed by atoms with Crippen molar-refractivity contribution in [2.75, 3.05) is 30.1 Å². The van der Waals surface area contributed by atoms with Gasteiger partial charge in [0.15, 0.2) is 0 Å². The van der Waals surface area contributed by atoms with Crippen LogP contribution < -0.4 is 10.2 Å². The number of carbonyl (C=O) groups is 2. The van der Waals surface area contributed by atoms with E-state index < -0.39 is 28.6 Å². The minimum Gasteiger partial charge on any atom is -0.376 e. The van der Waals surface area contributed by atoms with E-state index in [1.54, 1.807) is 23.9 Å². The molecule has 2 unspecified atom stereocenters. The highest BCUT2D eigenvalue weighted by Crippen LogP contribution is 2.47. The third-order valence-corrected chi connectivity index (χ3v) is 6.32. The average Bonchev–Trinajstić information content (AvgIpc) is 3.03. The highest BCUT2D eigenvalue weighted by Gasteiger charge is 2.53. The predicted molar refractivity (Wildman–Crippen MR) is 95.1 cm³/mol. The van der Waals surface area contributed by atoms with Gasteiger partial charge in [-0.3, -0.25) is 9.59 Å². The molecule has 1 N–H and O–H groups in total. The molecule has 2 heterocycles. The van der Waals surface area contributed by atoms with Gasteiger partial charge >= 0.3 is 6.18 Å². The van der Waals surface area contributed by atoms with E-state index in [0.29, 0.717) is 24.3 Å². The molecule has 1 aromatic rings. The molecule has 0 aromatic heterocycles. The van der Waals surface area contributed by atoms with E-state index in [-0.39, 0.29) is 11.6 Å². The van der Waals surface area contributed by atoms with Crippen molar-refractivity contribution in [3.05, 3.63) is 23.8 Å². The summed E-state index contributed by atoms with van der Waals surface area (Å²) in [6, 6.07) is 2.56. The predicted octanol–water partition coefficient (Wildman–Crippen LogP) is 3.16. The van der Waals surface area contributed by atoms with Gasteiger partial charge in [0.25, 0.3) is 0 Å². The van der Waals surface area contributed by atoms with E-state index in [1.165, 1.54) is 17.8 Å². The summed E-state index contributed by atoms with van der Waals surface area (Å²) in [5.74, 6) is -0.113. The standard InChI is InChI=1S/C17H20F3N3O2S/c1-16-7-6-14(24)23(16)13(9-26-16)15(25)21-11-8-10(17(18,19)20)4-5-12(11)22(2)3/h4-5,8,13H,6-7,9H2,1-3H3,(H,21,25). The number of rotatable bonds is 3. The van der Waals surface area contributed by atoms with Gasteiger partial charge in [0, 0.05) is 26.3 Å². The van der Waals surface area contributed by atoms with Crippen molar-refractivity contribution in [3.8, 4) is 0 Å². The lowest BCUT2D eigenvalue weighted by molar-refractivity contribution is -0.137. The third kappa shape index (κ3) is 3.24. The number of halogens is 3. The SMILES string of the molecule is CN(C)c1ccc(C(F)(F)F)cc1NC(=O)C1CSC2(C)CCC(=O)N12. The quantitative estimate of drug-likeness (QED) is 0.866. The molecule has 2 aliphatic rings. The molecule has 2 amide bonds. The van der Waals surface area contributed by atoms with Crippen molar-refractivity contribution in [1.82, 2.24) is 4.90 Å². The summed E-state index contributed by atoms with van der Waals surface area (Å²) in [6.45, 7) is 1.92. The summed E-state index contributed by atoms with van der Waals surface area (Å²) in [4.78, 5) is 27.7. The fourth-order valence-corrected chi connectivity index (χ4v) is 4.87. The summed E-state index contributed by atoms with van der Waals surface area (Å²) in [7, 11) is 3.37. The molecule has 0 radical (unpaired) electrons. The number of amides is 2. The molecular weight excluding hydrogens is 367 g/mol. The smallest absolute Gasteiger partial charge is 0.376 e. The maximum Gasteiger partial charge on any atom is 0.416 e. The van der Waals surface area contributed by atoms with E-state index in [9.17, 15) is 22.8 Å². The van der Waals surface area contributed by atoms with Crippen LogP contribution in [0.2, 0.25) is 0 Å². The summed E-state index contributed by atoms with van der Waals surface area (Å²) in [5, 5.41) is 2.61. The third-order valence-electron chi connectivity index (χ3n) is 4.81. The molecule has 1 aromatic carbocycles. The number of nitrogens with zero attached hydrogens (tertiary/aromatic N) is 2. The molecule has 2 atom stereocenters. The van der Waals surface area contributed by atoms with E-state index in [1.807, 2.05) is 6.92 Å². The van der Waals surface area contributed by atoms with Crippen LogP contribution in [-0.4, -0.2) is 47.5 Å². The van der Waals surface area contributed by atoms with Crippen LogP contribution in [0.5, 0.6) is 0 Å². The van der Waals surface area contributed by atoms with Crippen LogP contribution in [0.3, 0.4) is 0 Å². The van der Waals surface area contributed by atoms with E-state index in [2.05, 4.69) is 5.32 Å². The minimum atomic E-state index is -4.50. The number of carbonyl (C=O) groups excluding carboxylic acids is 2. The van der Waals surface area contributed by atoms with Crippen LogP contribution >= 0.6 is 11.8 Å². The second-order valence-corrected chi connectivity index (χ2v) is 8.38. The second-order valence-electron chi connectivity index (χ2n) is 6.88. The molecule has 142 valence electrons. The van der Waals surface area contributed by atoms with Gasteiger partial charge in [-0.1, -0.05) is 0 Å². The molecule has 3 rings (SSSR count). The fraction of sp³-hybridized carbons (Fsp3) is 0.529. The number of benzene rings is 1. The Morgan fingerprint density at radius 2 is 2.08 bits per heavy atom. The number of nitrogens with one attached hydrogen (secondary N) is 1. The minimum absolute atomic E-state index is 0.0834. The first-order chi connectivity index (χ1) is 12.0. The largest absolute Gasteiger partial charge is 0.416 e. The topological polar surface area (TPSA) is 52.7 Å². The van der Waals surface area contributed by atoms with E-state index >= 15 is 0 Å². The normalized spacial score (nSPS) is 25.4. The van der Waals surface area contributed by atoms with Gasteiger partial charge in [-0.25, -0.2) is 0 Å². The van der Waals surface area contributed by atoms with E-state index in [4.69, 9.17) is 0 Å². The van der Waals surface area contributed by atoms with Crippen molar-refractivity contribution in [3.63, 3.8) is 0 Å². The summed E-state index contributed by atoms with van der Waals surface area (Å²) >= 11 is 1.54. The Morgan fingerprint density at radius 1 is 1.38 bits per heavy atom. The Bertz CT molecular complexity index is 753.